The van der Waals surface area contributed by atoms with E-state index in [-0.39, 0.29) is 0 Å². The first-order valence-electron chi connectivity index (χ1n) is 7.67. The summed E-state index contributed by atoms with van der Waals surface area (Å²) in [6.45, 7) is 9.57. The van der Waals surface area contributed by atoms with Crippen molar-refractivity contribution in [2.24, 2.45) is 5.73 Å². The highest BCUT2D eigenvalue weighted by Gasteiger charge is 2.25. The number of pyridine rings is 1. The highest BCUT2D eigenvalue weighted by molar-refractivity contribution is 7.80. The number of likely N-dealkylation sites (tertiary alicyclic amines) is 1. The molecule has 1 saturated heterocycles. The van der Waals surface area contributed by atoms with Crippen LogP contribution in [-0.2, 0) is 0 Å². The van der Waals surface area contributed by atoms with Gasteiger partial charge in [0.1, 0.15) is 4.99 Å². The number of thiocarbonyl (C=S) groups is 1. The number of likely N-dealkylation sites (N-methyl/N-ethyl adjacent to an activating group) is 2. The predicted molar refractivity (Wildman–Crippen MR) is 93.1 cm³/mol. The van der Waals surface area contributed by atoms with Gasteiger partial charge in [0.25, 0.3) is 0 Å². The van der Waals surface area contributed by atoms with Crippen LogP contribution in [0.1, 0.15) is 36.7 Å². The maximum absolute atomic E-state index is 5.92. The first-order chi connectivity index (χ1) is 9.93. The van der Waals surface area contributed by atoms with Crippen molar-refractivity contribution in [2.45, 2.75) is 39.7 Å². The Hall–Kier alpha value is -1.20. The second-order valence-corrected chi connectivity index (χ2v) is 6.35. The Bertz CT molecular complexity index is 529. The Kier molecular flexibility index (Phi) is 5.17. The number of hydrogen-bond acceptors (Lipinski definition) is 4. The summed E-state index contributed by atoms with van der Waals surface area (Å²) in [5.41, 5.74) is 9.87. The molecule has 0 amide bonds. The lowest BCUT2D eigenvalue weighted by Gasteiger charge is -2.30. The van der Waals surface area contributed by atoms with Gasteiger partial charge in [-0.15, -0.1) is 0 Å². The van der Waals surface area contributed by atoms with Crippen molar-refractivity contribution in [2.75, 3.05) is 31.6 Å². The van der Waals surface area contributed by atoms with Crippen molar-refractivity contribution in [3.63, 3.8) is 0 Å². The zero-order valence-electron chi connectivity index (χ0n) is 13.5. The minimum atomic E-state index is 0.431. The van der Waals surface area contributed by atoms with E-state index in [1.807, 2.05) is 13.8 Å². The lowest BCUT2D eigenvalue weighted by molar-refractivity contribution is 0.270. The van der Waals surface area contributed by atoms with Crippen LogP contribution in [0.5, 0.6) is 0 Å². The Morgan fingerprint density at radius 2 is 2.24 bits per heavy atom. The summed E-state index contributed by atoms with van der Waals surface area (Å²) >= 11 is 5.23. The largest absolute Gasteiger partial charge is 0.389 e. The molecule has 2 N–H and O–H groups in total. The molecule has 1 fully saturated rings. The van der Waals surface area contributed by atoms with Gasteiger partial charge in [0.05, 0.1) is 11.3 Å². The van der Waals surface area contributed by atoms with Gasteiger partial charge in [-0.1, -0.05) is 19.1 Å². The maximum atomic E-state index is 5.92. The highest BCUT2D eigenvalue weighted by Crippen LogP contribution is 2.25. The van der Waals surface area contributed by atoms with Crippen LogP contribution < -0.4 is 10.6 Å². The van der Waals surface area contributed by atoms with E-state index < -0.39 is 0 Å². The van der Waals surface area contributed by atoms with Gasteiger partial charge in [-0.2, -0.15) is 0 Å². The standard InChI is InChI=1S/C16H26N4S/c1-5-20-8-6-7-13(20)10-19(4)14-9-11(2)18-12(3)15(14)16(17)21/h9,13H,5-8,10H2,1-4H3,(H2,17,21). The fraction of sp³-hybridized carbons (Fsp3) is 0.625. The Morgan fingerprint density at radius 1 is 1.52 bits per heavy atom. The molecule has 1 atom stereocenters. The van der Waals surface area contributed by atoms with Crippen LogP contribution in [0.2, 0.25) is 0 Å². The summed E-state index contributed by atoms with van der Waals surface area (Å²) in [5, 5.41) is 0. The minimum Gasteiger partial charge on any atom is -0.389 e. The number of anilines is 1. The smallest absolute Gasteiger partial charge is 0.107 e. The molecule has 2 rings (SSSR count). The Labute approximate surface area is 133 Å². The molecule has 1 aliphatic rings. The summed E-state index contributed by atoms with van der Waals surface area (Å²) < 4.78 is 0. The summed E-state index contributed by atoms with van der Waals surface area (Å²) in [5.74, 6) is 0. The van der Waals surface area contributed by atoms with E-state index in [0.717, 1.165) is 35.7 Å². The van der Waals surface area contributed by atoms with Crippen LogP contribution in [-0.4, -0.2) is 47.6 Å². The molecule has 1 aromatic heterocycles. The highest BCUT2D eigenvalue weighted by atomic mass is 32.1. The van der Waals surface area contributed by atoms with E-state index in [2.05, 4.69) is 34.8 Å². The molecule has 5 heteroatoms. The number of nitrogens with zero attached hydrogens (tertiary/aromatic N) is 3. The lowest BCUT2D eigenvalue weighted by Crippen LogP contribution is -2.39. The van der Waals surface area contributed by atoms with Gasteiger partial charge in [-0.05, 0) is 45.8 Å². The normalized spacial score (nSPS) is 19.0. The average molecular weight is 306 g/mol. The number of nitrogens with two attached hydrogens (primary N) is 1. The number of rotatable bonds is 5. The SMILES string of the molecule is CCN1CCCC1CN(C)c1cc(C)nc(C)c1C(N)=S. The minimum absolute atomic E-state index is 0.431. The van der Waals surface area contributed by atoms with Crippen molar-refractivity contribution >= 4 is 22.9 Å². The molecule has 0 aromatic carbocycles. The first-order valence-corrected chi connectivity index (χ1v) is 8.08. The second-order valence-electron chi connectivity index (χ2n) is 5.91. The third-order valence-corrected chi connectivity index (χ3v) is 4.56. The van der Waals surface area contributed by atoms with Gasteiger partial charge in [0.2, 0.25) is 0 Å². The van der Waals surface area contributed by atoms with Gasteiger partial charge in [0.15, 0.2) is 0 Å². The number of aromatic nitrogens is 1. The van der Waals surface area contributed by atoms with Crippen molar-refractivity contribution < 1.29 is 0 Å². The second kappa shape index (κ2) is 6.71. The number of hydrogen-bond donors (Lipinski definition) is 1. The Morgan fingerprint density at radius 3 is 2.86 bits per heavy atom. The van der Waals surface area contributed by atoms with Gasteiger partial charge in [-0.3, -0.25) is 9.88 Å². The van der Waals surface area contributed by atoms with Gasteiger partial charge < -0.3 is 10.6 Å². The molecule has 1 unspecified atom stereocenters. The van der Waals surface area contributed by atoms with Crippen molar-refractivity contribution in [1.82, 2.24) is 9.88 Å². The molecule has 0 aliphatic carbocycles. The van der Waals surface area contributed by atoms with Crippen molar-refractivity contribution in [3.8, 4) is 0 Å². The molecule has 21 heavy (non-hydrogen) atoms. The van der Waals surface area contributed by atoms with Gasteiger partial charge in [-0.25, -0.2) is 0 Å². The molecule has 0 spiro atoms. The molecular weight excluding hydrogens is 280 g/mol. The number of aryl methyl sites for hydroxylation is 2. The van der Waals surface area contributed by atoms with Crippen LogP contribution in [0.15, 0.2) is 6.07 Å². The van der Waals surface area contributed by atoms with E-state index in [4.69, 9.17) is 18.0 Å². The van der Waals surface area contributed by atoms with E-state index >= 15 is 0 Å². The molecule has 116 valence electrons. The molecule has 4 nitrogen and oxygen atoms in total. The van der Waals surface area contributed by atoms with Crippen LogP contribution in [0.25, 0.3) is 0 Å². The summed E-state index contributed by atoms with van der Waals surface area (Å²) in [6.07, 6.45) is 2.56. The maximum Gasteiger partial charge on any atom is 0.107 e. The fourth-order valence-electron chi connectivity index (χ4n) is 3.35. The molecule has 1 aliphatic heterocycles. The van der Waals surface area contributed by atoms with E-state index in [1.54, 1.807) is 0 Å². The zero-order chi connectivity index (χ0) is 15.6. The van der Waals surface area contributed by atoms with Crippen LogP contribution in [0, 0.1) is 13.8 Å². The third-order valence-electron chi connectivity index (χ3n) is 4.36. The summed E-state index contributed by atoms with van der Waals surface area (Å²) in [7, 11) is 2.13. The topological polar surface area (TPSA) is 45.4 Å². The summed E-state index contributed by atoms with van der Waals surface area (Å²) in [4.78, 5) is 9.77. The molecule has 1 aromatic rings. The molecule has 2 heterocycles. The lowest BCUT2D eigenvalue weighted by atomic mass is 10.1. The zero-order valence-corrected chi connectivity index (χ0v) is 14.3. The molecule has 0 saturated carbocycles. The molecular formula is C16H26N4S. The van der Waals surface area contributed by atoms with E-state index in [0.29, 0.717) is 11.0 Å². The van der Waals surface area contributed by atoms with Crippen molar-refractivity contribution in [3.05, 3.63) is 23.0 Å². The third kappa shape index (κ3) is 3.52. The fourth-order valence-corrected chi connectivity index (χ4v) is 3.60. The quantitative estimate of drug-likeness (QED) is 0.846. The van der Waals surface area contributed by atoms with Gasteiger partial charge in [0, 0.05) is 31.0 Å². The van der Waals surface area contributed by atoms with Crippen molar-refractivity contribution in [1.29, 1.82) is 0 Å². The Balaban J connectivity index is 2.26. The monoisotopic (exact) mass is 306 g/mol. The van der Waals surface area contributed by atoms with Crippen LogP contribution in [0.4, 0.5) is 5.69 Å². The average Bonchev–Trinajstić information content (AvgIpc) is 2.84. The first kappa shape index (κ1) is 16.2. The van der Waals surface area contributed by atoms with E-state index in [1.165, 1.54) is 19.4 Å². The van der Waals surface area contributed by atoms with E-state index in [9.17, 15) is 0 Å². The predicted octanol–water partition coefficient (Wildman–Crippen LogP) is 2.25. The molecule has 0 radical (unpaired) electrons. The molecule has 0 bridgehead atoms. The summed E-state index contributed by atoms with van der Waals surface area (Å²) in [6, 6.07) is 2.71. The van der Waals surface area contributed by atoms with Crippen LogP contribution in [0.3, 0.4) is 0 Å². The van der Waals surface area contributed by atoms with Crippen LogP contribution >= 0.6 is 12.2 Å². The van der Waals surface area contributed by atoms with Gasteiger partial charge >= 0.3 is 0 Å².